The van der Waals surface area contributed by atoms with Crippen LogP contribution in [0.4, 0.5) is 8.78 Å². The second kappa shape index (κ2) is 9.18. The third-order valence-corrected chi connectivity index (χ3v) is 4.31. The maximum atomic E-state index is 13.7. The zero-order chi connectivity index (χ0) is 22.6. The van der Waals surface area contributed by atoms with Gasteiger partial charge in [-0.2, -0.15) is 0 Å². The molecule has 8 heteroatoms. The summed E-state index contributed by atoms with van der Waals surface area (Å²) in [5.74, 6) is -0.298. The average Bonchev–Trinajstić information content (AvgIpc) is 2.71. The first kappa shape index (κ1) is 22.3. The number of methoxy groups -OCH3 is 1. The van der Waals surface area contributed by atoms with Crippen LogP contribution in [0.3, 0.4) is 0 Å². The highest BCUT2D eigenvalue weighted by molar-refractivity contribution is 5.49. The van der Waals surface area contributed by atoms with E-state index in [1.807, 2.05) is 0 Å². The number of hydrogen-bond acceptors (Lipinski definition) is 5. The van der Waals surface area contributed by atoms with Crippen molar-refractivity contribution in [2.45, 2.75) is 26.1 Å². The molecule has 0 atom stereocenters. The van der Waals surface area contributed by atoms with Crippen molar-refractivity contribution >= 4 is 0 Å². The summed E-state index contributed by atoms with van der Waals surface area (Å²) >= 11 is 0. The first-order valence-corrected chi connectivity index (χ1v) is 9.49. The second-order valence-electron chi connectivity index (χ2n) is 7.53. The van der Waals surface area contributed by atoms with E-state index in [0.717, 1.165) is 12.1 Å². The standard InChI is InChI=1S/C23H23F2NO5/c1-23(2,28)14-31-20-7-6-17(11-21(20)29-3)26-9-8-18(12-22(26)27)30-13-15-4-5-16(24)10-19(15)25/h4-12,28H,13-14H2,1-3H3. The maximum Gasteiger partial charge on any atom is 0.258 e. The fraction of sp³-hybridized carbons (Fsp3) is 0.261. The first-order chi connectivity index (χ1) is 14.7. The molecule has 0 aliphatic carbocycles. The number of halogens is 2. The molecule has 2 aromatic carbocycles. The van der Waals surface area contributed by atoms with Crippen molar-refractivity contribution in [2.75, 3.05) is 13.7 Å². The van der Waals surface area contributed by atoms with Crippen LogP contribution in [0.15, 0.2) is 59.5 Å². The van der Waals surface area contributed by atoms with Crippen molar-refractivity contribution in [1.82, 2.24) is 4.57 Å². The van der Waals surface area contributed by atoms with Crippen molar-refractivity contribution in [3.8, 4) is 22.9 Å². The fourth-order valence-corrected chi connectivity index (χ4v) is 2.74. The molecular formula is C23H23F2NO5. The molecule has 31 heavy (non-hydrogen) atoms. The summed E-state index contributed by atoms with van der Waals surface area (Å²) in [7, 11) is 1.48. The van der Waals surface area contributed by atoms with Crippen LogP contribution in [-0.2, 0) is 6.61 Å². The lowest BCUT2D eigenvalue weighted by Crippen LogP contribution is -2.28. The highest BCUT2D eigenvalue weighted by Gasteiger charge is 2.16. The Morgan fingerprint density at radius 2 is 1.77 bits per heavy atom. The van der Waals surface area contributed by atoms with E-state index in [0.29, 0.717) is 17.2 Å². The summed E-state index contributed by atoms with van der Waals surface area (Å²) in [6.45, 7) is 3.18. The van der Waals surface area contributed by atoms with Gasteiger partial charge in [0.1, 0.15) is 30.6 Å². The van der Waals surface area contributed by atoms with Crippen LogP contribution in [0.25, 0.3) is 5.69 Å². The molecule has 0 fully saturated rings. The lowest BCUT2D eigenvalue weighted by atomic mass is 10.2. The average molecular weight is 431 g/mol. The number of aliphatic hydroxyl groups is 1. The third-order valence-electron chi connectivity index (χ3n) is 4.31. The van der Waals surface area contributed by atoms with Crippen LogP contribution < -0.4 is 19.8 Å². The minimum atomic E-state index is -1.01. The predicted molar refractivity (Wildman–Crippen MR) is 111 cm³/mol. The summed E-state index contributed by atoms with van der Waals surface area (Å²) in [4.78, 5) is 12.6. The van der Waals surface area contributed by atoms with E-state index in [4.69, 9.17) is 14.2 Å². The van der Waals surface area contributed by atoms with E-state index in [9.17, 15) is 18.7 Å². The van der Waals surface area contributed by atoms with Gasteiger partial charge in [0.15, 0.2) is 11.5 Å². The van der Waals surface area contributed by atoms with Gasteiger partial charge in [-0.05, 0) is 44.2 Å². The molecule has 0 aliphatic rings. The molecule has 0 bridgehead atoms. The van der Waals surface area contributed by atoms with E-state index >= 15 is 0 Å². The Morgan fingerprint density at radius 1 is 1.00 bits per heavy atom. The first-order valence-electron chi connectivity index (χ1n) is 9.49. The Balaban J connectivity index is 1.77. The number of pyridine rings is 1. The van der Waals surface area contributed by atoms with E-state index in [-0.39, 0.29) is 30.1 Å². The van der Waals surface area contributed by atoms with Gasteiger partial charge < -0.3 is 19.3 Å². The van der Waals surface area contributed by atoms with Crippen LogP contribution in [0, 0.1) is 11.6 Å². The Bertz CT molecular complexity index is 1120. The Morgan fingerprint density at radius 3 is 2.42 bits per heavy atom. The molecule has 1 heterocycles. The summed E-state index contributed by atoms with van der Waals surface area (Å²) in [5.41, 5.74) is -0.664. The molecule has 0 spiro atoms. The molecule has 1 aromatic heterocycles. The quantitative estimate of drug-likeness (QED) is 0.587. The zero-order valence-electron chi connectivity index (χ0n) is 17.4. The number of ether oxygens (including phenoxy) is 3. The van der Waals surface area contributed by atoms with E-state index in [1.54, 1.807) is 38.1 Å². The third kappa shape index (κ3) is 5.82. The molecule has 0 radical (unpaired) electrons. The summed E-state index contributed by atoms with van der Waals surface area (Å²) in [5, 5.41) is 9.82. The number of hydrogen-bond donors (Lipinski definition) is 1. The number of rotatable bonds is 8. The minimum absolute atomic E-state index is 0.0728. The molecule has 3 rings (SSSR count). The Kier molecular flexibility index (Phi) is 6.60. The van der Waals surface area contributed by atoms with Gasteiger partial charge in [-0.1, -0.05) is 0 Å². The SMILES string of the molecule is COc1cc(-n2ccc(OCc3ccc(F)cc3F)cc2=O)ccc1OCC(C)(C)O. The summed E-state index contributed by atoms with van der Waals surface area (Å²) < 4.78 is 44.5. The van der Waals surface area contributed by atoms with E-state index < -0.39 is 17.2 Å². The van der Waals surface area contributed by atoms with Crippen LogP contribution in [0.5, 0.6) is 17.2 Å². The van der Waals surface area contributed by atoms with E-state index in [1.165, 1.54) is 30.0 Å². The van der Waals surface area contributed by atoms with Crippen molar-refractivity contribution < 1.29 is 28.1 Å². The van der Waals surface area contributed by atoms with Gasteiger partial charge in [-0.3, -0.25) is 9.36 Å². The zero-order valence-corrected chi connectivity index (χ0v) is 17.4. The fourth-order valence-electron chi connectivity index (χ4n) is 2.74. The lowest BCUT2D eigenvalue weighted by molar-refractivity contribution is 0.0276. The molecule has 0 amide bonds. The Labute approximate surface area is 178 Å². The van der Waals surface area contributed by atoms with Crippen LogP contribution in [0.1, 0.15) is 19.4 Å². The van der Waals surface area contributed by atoms with Gasteiger partial charge in [-0.25, -0.2) is 8.78 Å². The highest BCUT2D eigenvalue weighted by atomic mass is 19.1. The number of aromatic nitrogens is 1. The van der Waals surface area contributed by atoms with Gasteiger partial charge in [0.05, 0.1) is 18.4 Å². The van der Waals surface area contributed by atoms with Gasteiger partial charge in [0.2, 0.25) is 0 Å². The molecular weight excluding hydrogens is 408 g/mol. The van der Waals surface area contributed by atoms with E-state index in [2.05, 4.69) is 0 Å². The Hall–Kier alpha value is -3.39. The molecule has 0 saturated carbocycles. The molecule has 0 aliphatic heterocycles. The monoisotopic (exact) mass is 431 g/mol. The maximum absolute atomic E-state index is 13.7. The number of nitrogens with zero attached hydrogens (tertiary/aromatic N) is 1. The van der Waals surface area contributed by atoms with Gasteiger partial charge in [0, 0.05) is 30.0 Å². The number of benzene rings is 2. The smallest absolute Gasteiger partial charge is 0.258 e. The van der Waals surface area contributed by atoms with Gasteiger partial charge in [0.25, 0.3) is 5.56 Å². The molecule has 6 nitrogen and oxygen atoms in total. The van der Waals surface area contributed by atoms with Crippen molar-refractivity contribution in [3.05, 3.63) is 82.3 Å². The molecule has 1 N–H and O–H groups in total. The summed E-state index contributed by atoms with van der Waals surface area (Å²) in [6.07, 6.45) is 1.52. The molecule has 0 saturated heterocycles. The molecule has 3 aromatic rings. The van der Waals surface area contributed by atoms with Gasteiger partial charge >= 0.3 is 0 Å². The van der Waals surface area contributed by atoms with Gasteiger partial charge in [-0.15, -0.1) is 0 Å². The summed E-state index contributed by atoms with van der Waals surface area (Å²) in [6, 6.07) is 11.0. The van der Waals surface area contributed by atoms with Crippen molar-refractivity contribution in [1.29, 1.82) is 0 Å². The normalized spacial score (nSPS) is 11.3. The topological polar surface area (TPSA) is 69.9 Å². The lowest BCUT2D eigenvalue weighted by Gasteiger charge is -2.19. The predicted octanol–water partition coefficient (Wildman–Crippen LogP) is 3.85. The van der Waals surface area contributed by atoms with Crippen LogP contribution in [0.2, 0.25) is 0 Å². The van der Waals surface area contributed by atoms with Crippen molar-refractivity contribution in [3.63, 3.8) is 0 Å². The molecule has 0 unspecified atom stereocenters. The minimum Gasteiger partial charge on any atom is -0.493 e. The van der Waals surface area contributed by atoms with Crippen LogP contribution in [-0.4, -0.2) is 29.0 Å². The van der Waals surface area contributed by atoms with Crippen LogP contribution >= 0.6 is 0 Å². The molecule has 164 valence electrons. The van der Waals surface area contributed by atoms with Crippen molar-refractivity contribution in [2.24, 2.45) is 0 Å². The second-order valence-corrected chi connectivity index (χ2v) is 7.53. The largest absolute Gasteiger partial charge is 0.493 e. The highest BCUT2D eigenvalue weighted by Crippen LogP contribution is 2.30.